The van der Waals surface area contributed by atoms with E-state index in [1.54, 1.807) is 0 Å². The van der Waals surface area contributed by atoms with E-state index in [2.05, 4.69) is 27.7 Å². The molecule has 8 heteroatoms. The third kappa shape index (κ3) is 6.44. The van der Waals surface area contributed by atoms with E-state index in [4.69, 9.17) is 34.8 Å². The number of aliphatic imine (C=N–C) groups is 1. The number of hydrogen-bond donors (Lipinski definition) is 1. The highest BCUT2D eigenvalue weighted by Crippen LogP contribution is 2.31. The van der Waals surface area contributed by atoms with Crippen LogP contribution in [0.15, 0.2) is 34.2 Å². The van der Waals surface area contributed by atoms with Gasteiger partial charge in [0.2, 0.25) is 9.70 Å². The van der Waals surface area contributed by atoms with Gasteiger partial charge in [0.05, 0.1) is 10.9 Å². The predicted octanol–water partition coefficient (Wildman–Crippen LogP) is 4.00. The van der Waals surface area contributed by atoms with E-state index in [1.165, 1.54) is 11.8 Å². The molecular weight excluding hydrogens is 359 g/mol. The molecule has 0 saturated carbocycles. The standard InChI is InChI=1S/C12H11Cl3N2OS2/c1-8-2-4-9(5-3-8)20-6-10(18)17-11(16-7-19)12(13,14)15/h2-5,11H,6H2,1H3,(H,17,18)/t11-/m1/s1. The summed E-state index contributed by atoms with van der Waals surface area (Å²) in [5.41, 5.74) is 1.16. The average Bonchev–Trinajstić information content (AvgIpc) is 2.36. The largest absolute Gasteiger partial charge is 0.329 e. The number of thioether (sulfide) groups is 1. The molecule has 0 aromatic heterocycles. The lowest BCUT2D eigenvalue weighted by atomic mass is 10.2. The first-order valence-corrected chi connectivity index (χ1v) is 7.98. The van der Waals surface area contributed by atoms with Gasteiger partial charge < -0.3 is 5.32 Å². The van der Waals surface area contributed by atoms with E-state index in [1.807, 2.05) is 31.2 Å². The maximum atomic E-state index is 11.8. The first-order chi connectivity index (χ1) is 9.32. The number of isothiocyanates is 1. The van der Waals surface area contributed by atoms with Crippen LogP contribution < -0.4 is 5.32 Å². The molecule has 1 rings (SSSR count). The lowest BCUT2D eigenvalue weighted by Gasteiger charge is -2.20. The Morgan fingerprint density at radius 3 is 2.55 bits per heavy atom. The zero-order valence-corrected chi connectivity index (χ0v) is 14.3. The molecule has 0 bridgehead atoms. The Morgan fingerprint density at radius 1 is 1.45 bits per heavy atom. The third-order valence-electron chi connectivity index (χ3n) is 2.18. The van der Waals surface area contributed by atoms with Crippen LogP contribution in [0.5, 0.6) is 0 Å². The highest BCUT2D eigenvalue weighted by atomic mass is 35.6. The van der Waals surface area contributed by atoms with E-state index in [0.717, 1.165) is 10.5 Å². The predicted molar refractivity (Wildman–Crippen MR) is 89.1 cm³/mol. The molecule has 0 spiro atoms. The fourth-order valence-corrected chi connectivity index (χ4v) is 2.34. The van der Waals surface area contributed by atoms with Crippen LogP contribution in [0.3, 0.4) is 0 Å². The number of nitrogens with one attached hydrogen (secondary N) is 1. The van der Waals surface area contributed by atoms with Crippen molar-refractivity contribution in [2.75, 3.05) is 5.75 Å². The summed E-state index contributed by atoms with van der Waals surface area (Å²) in [7, 11) is 0. The minimum atomic E-state index is -1.77. The van der Waals surface area contributed by atoms with Crippen molar-refractivity contribution < 1.29 is 4.79 Å². The Balaban J connectivity index is 2.54. The van der Waals surface area contributed by atoms with Crippen LogP contribution >= 0.6 is 58.8 Å². The number of amides is 1. The number of benzene rings is 1. The number of hydrogen-bond acceptors (Lipinski definition) is 4. The number of alkyl halides is 3. The van der Waals surface area contributed by atoms with Gasteiger partial charge >= 0.3 is 0 Å². The van der Waals surface area contributed by atoms with Crippen molar-refractivity contribution >= 4 is 69.9 Å². The number of carbonyl (C=O) groups is 1. The van der Waals surface area contributed by atoms with Crippen LogP contribution in [-0.4, -0.2) is 26.8 Å². The second kappa shape index (κ2) is 8.23. The van der Waals surface area contributed by atoms with Crippen molar-refractivity contribution in [1.29, 1.82) is 0 Å². The van der Waals surface area contributed by atoms with Crippen LogP contribution in [0.25, 0.3) is 0 Å². The maximum absolute atomic E-state index is 11.8. The zero-order chi connectivity index (χ0) is 15.2. The fourth-order valence-electron chi connectivity index (χ4n) is 1.22. The van der Waals surface area contributed by atoms with Gasteiger partial charge in [-0.1, -0.05) is 52.5 Å². The van der Waals surface area contributed by atoms with Crippen molar-refractivity contribution in [1.82, 2.24) is 5.32 Å². The lowest BCUT2D eigenvalue weighted by Crippen LogP contribution is -2.43. The molecule has 1 N–H and O–H groups in total. The van der Waals surface area contributed by atoms with Gasteiger partial charge in [-0.2, -0.15) is 0 Å². The smallest absolute Gasteiger partial charge is 0.232 e. The molecule has 20 heavy (non-hydrogen) atoms. The number of thiocarbonyl (C=S) groups is 1. The molecule has 1 amide bonds. The van der Waals surface area contributed by atoms with Gasteiger partial charge in [-0.25, -0.2) is 4.99 Å². The number of aryl methyl sites for hydroxylation is 1. The Morgan fingerprint density at radius 2 is 2.05 bits per heavy atom. The molecule has 3 nitrogen and oxygen atoms in total. The summed E-state index contributed by atoms with van der Waals surface area (Å²) in [6, 6.07) is 7.82. The Kier molecular flexibility index (Phi) is 7.30. The molecule has 0 aliphatic heterocycles. The van der Waals surface area contributed by atoms with Crippen LogP contribution in [0.4, 0.5) is 0 Å². The molecule has 0 fully saturated rings. The molecular formula is C12H11Cl3N2OS2. The van der Waals surface area contributed by atoms with Gasteiger partial charge in [-0.05, 0) is 31.3 Å². The van der Waals surface area contributed by atoms with Crippen molar-refractivity contribution in [3.05, 3.63) is 29.8 Å². The van der Waals surface area contributed by atoms with Gasteiger partial charge in [-0.15, -0.1) is 11.8 Å². The number of nitrogens with zero attached hydrogens (tertiary/aromatic N) is 1. The summed E-state index contributed by atoms with van der Waals surface area (Å²) in [5, 5.41) is 4.58. The van der Waals surface area contributed by atoms with E-state index >= 15 is 0 Å². The summed E-state index contributed by atoms with van der Waals surface area (Å²) in [6.07, 6.45) is -1.05. The van der Waals surface area contributed by atoms with Gasteiger partial charge in [0.1, 0.15) is 0 Å². The molecule has 1 aromatic carbocycles. The highest BCUT2D eigenvalue weighted by molar-refractivity contribution is 8.00. The monoisotopic (exact) mass is 368 g/mol. The van der Waals surface area contributed by atoms with E-state index < -0.39 is 9.96 Å². The van der Waals surface area contributed by atoms with Gasteiger partial charge in [0.15, 0.2) is 6.17 Å². The van der Waals surface area contributed by atoms with Crippen LogP contribution in [0.1, 0.15) is 5.56 Å². The number of carbonyl (C=O) groups excluding carboxylic acids is 1. The van der Waals surface area contributed by atoms with Crippen molar-refractivity contribution in [2.45, 2.75) is 21.8 Å². The molecule has 0 heterocycles. The fraction of sp³-hybridized carbons (Fsp3) is 0.333. The molecule has 0 aliphatic carbocycles. The first kappa shape index (κ1) is 17.8. The van der Waals surface area contributed by atoms with Gasteiger partial charge in [-0.3, -0.25) is 4.79 Å². The van der Waals surface area contributed by atoms with Crippen LogP contribution in [0, 0.1) is 6.92 Å². The number of rotatable bonds is 5. The highest BCUT2D eigenvalue weighted by Gasteiger charge is 2.33. The zero-order valence-electron chi connectivity index (χ0n) is 10.4. The summed E-state index contributed by atoms with van der Waals surface area (Å²) in [6.45, 7) is 2.00. The Labute approximate surface area is 142 Å². The van der Waals surface area contributed by atoms with E-state index in [9.17, 15) is 4.79 Å². The molecule has 1 atom stereocenters. The van der Waals surface area contributed by atoms with E-state index in [0.29, 0.717) is 0 Å². The molecule has 0 radical (unpaired) electrons. The summed E-state index contributed by atoms with van der Waals surface area (Å²) < 4.78 is -1.77. The maximum Gasteiger partial charge on any atom is 0.232 e. The second-order valence-electron chi connectivity index (χ2n) is 3.83. The molecule has 1 aromatic rings. The second-order valence-corrected chi connectivity index (χ2v) is 7.43. The minimum absolute atomic E-state index is 0.188. The minimum Gasteiger partial charge on any atom is -0.329 e. The molecule has 0 saturated heterocycles. The summed E-state index contributed by atoms with van der Waals surface area (Å²) >= 11 is 22.9. The van der Waals surface area contributed by atoms with E-state index in [-0.39, 0.29) is 11.7 Å². The topological polar surface area (TPSA) is 41.5 Å². The average molecular weight is 370 g/mol. The molecule has 0 unspecified atom stereocenters. The van der Waals surface area contributed by atoms with Crippen molar-refractivity contribution in [3.63, 3.8) is 0 Å². The van der Waals surface area contributed by atoms with Crippen LogP contribution in [0.2, 0.25) is 0 Å². The Hall–Kier alpha value is -0.290. The lowest BCUT2D eigenvalue weighted by molar-refractivity contribution is -0.119. The van der Waals surface area contributed by atoms with Gasteiger partial charge in [0, 0.05) is 4.90 Å². The van der Waals surface area contributed by atoms with Crippen LogP contribution in [-0.2, 0) is 4.79 Å². The normalized spacial score (nSPS) is 12.4. The van der Waals surface area contributed by atoms with Gasteiger partial charge in [0.25, 0.3) is 0 Å². The molecule has 0 aliphatic rings. The SMILES string of the molecule is Cc1ccc(SCC(=O)N[C@@H](N=C=S)C(Cl)(Cl)Cl)cc1. The first-order valence-electron chi connectivity index (χ1n) is 5.45. The summed E-state index contributed by atoms with van der Waals surface area (Å²) in [5.74, 6) is -0.117. The summed E-state index contributed by atoms with van der Waals surface area (Å²) in [4.78, 5) is 16.4. The number of halogens is 3. The Bertz CT molecular complexity index is 510. The third-order valence-corrected chi connectivity index (χ3v) is 3.92. The van der Waals surface area contributed by atoms with Crippen molar-refractivity contribution in [2.24, 2.45) is 4.99 Å². The van der Waals surface area contributed by atoms with Crippen molar-refractivity contribution in [3.8, 4) is 0 Å². The molecule has 108 valence electrons. The quantitative estimate of drug-likeness (QED) is 0.369.